The predicted octanol–water partition coefficient (Wildman–Crippen LogP) is 4.53. The third-order valence-corrected chi connectivity index (χ3v) is 6.45. The van der Waals surface area contributed by atoms with Crippen molar-refractivity contribution < 1.29 is 28.3 Å². The van der Waals surface area contributed by atoms with Gasteiger partial charge in [-0.2, -0.15) is 0 Å². The molecule has 1 aromatic carbocycles. The lowest BCUT2D eigenvalue weighted by atomic mass is 10.1. The maximum atomic E-state index is 14.3. The van der Waals surface area contributed by atoms with Gasteiger partial charge in [0.25, 0.3) is 5.91 Å². The average Bonchev–Trinajstić information content (AvgIpc) is 3.46. The molecule has 2 aliphatic rings. The second kappa shape index (κ2) is 10.2. The molecule has 1 saturated carbocycles. The van der Waals surface area contributed by atoms with Gasteiger partial charge in [-0.15, -0.1) is 5.06 Å². The van der Waals surface area contributed by atoms with Gasteiger partial charge in [0.15, 0.2) is 0 Å². The number of fused-ring (bicyclic) bond motifs is 1. The highest BCUT2D eigenvalue weighted by Gasteiger charge is 2.31. The first-order valence-electron chi connectivity index (χ1n) is 12.8. The third-order valence-electron chi connectivity index (χ3n) is 6.45. The Morgan fingerprint density at radius 3 is 2.74 bits per heavy atom. The SMILES string of the molecule is Cc1[nH]c2c(-c3cc(F)ccc3OCC3CC3)ncnc2c1C(=O)N[C@@H]1CCN(OC(=O)OC(C)(C)C)C1. The van der Waals surface area contributed by atoms with Crippen LogP contribution in [0.5, 0.6) is 5.75 Å². The van der Waals surface area contributed by atoms with E-state index in [0.717, 1.165) is 12.8 Å². The molecule has 1 atom stereocenters. The van der Waals surface area contributed by atoms with Crippen LogP contribution in [0.1, 0.15) is 56.1 Å². The number of rotatable bonds is 7. The van der Waals surface area contributed by atoms with Crippen LogP contribution in [0.3, 0.4) is 0 Å². The van der Waals surface area contributed by atoms with Gasteiger partial charge in [0.2, 0.25) is 0 Å². The number of hydroxylamine groups is 2. The number of aryl methyl sites for hydroxylation is 1. The highest BCUT2D eigenvalue weighted by atomic mass is 19.1. The molecule has 5 rings (SSSR count). The predicted molar refractivity (Wildman–Crippen MR) is 137 cm³/mol. The van der Waals surface area contributed by atoms with Gasteiger partial charge in [-0.25, -0.2) is 19.2 Å². The topological polar surface area (TPSA) is 119 Å². The molecule has 0 spiro atoms. The molecular weight excluding hydrogens is 493 g/mol. The summed E-state index contributed by atoms with van der Waals surface area (Å²) in [6, 6.07) is 4.12. The number of aromatic amines is 1. The van der Waals surface area contributed by atoms with Gasteiger partial charge in [0, 0.05) is 23.8 Å². The standard InChI is InChI=1S/C27H32FN5O5/c1-15-21(25(34)32-18-9-10-33(12-18)38-26(35)37-27(2,3)4)23-24(31-15)22(29-14-30-23)19-11-17(28)7-8-20(19)36-13-16-5-6-16/h7-8,11,14,16,18,31H,5-6,9-10,12-13H2,1-4H3,(H,32,34)/t18-/m1/s1. The van der Waals surface area contributed by atoms with Crippen molar-refractivity contribution in [2.45, 2.75) is 58.6 Å². The first kappa shape index (κ1) is 25.9. The number of aromatic nitrogens is 3. The Balaban J connectivity index is 1.34. The van der Waals surface area contributed by atoms with Gasteiger partial charge in [-0.05, 0) is 71.1 Å². The minimum Gasteiger partial charge on any atom is -0.493 e. The van der Waals surface area contributed by atoms with Gasteiger partial charge in [0.1, 0.15) is 34.7 Å². The van der Waals surface area contributed by atoms with E-state index in [0.29, 0.717) is 71.3 Å². The molecule has 1 aliphatic heterocycles. The number of nitrogens with one attached hydrogen (secondary N) is 2. The highest BCUT2D eigenvalue weighted by molar-refractivity contribution is 6.09. The number of carbonyl (C=O) groups is 2. The molecule has 10 nitrogen and oxygen atoms in total. The van der Waals surface area contributed by atoms with Crippen molar-refractivity contribution in [2.75, 3.05) is 19.7 Å². The van der Waals surface area contributed by atoms with Gasteiger partial charge < -0.3 is 24.6 Å². The summed E-state index contributed by atoms with van der Waals surface area (Å²) in [7, 11) is 0. The van der Waals surface area contributed by atoms with E-state index in [-0.39, 0.29) is 11.9 Å². The van der Waals surface area contributed by atoms with Crippen molar-refractivity contribution in [1.82, 2.24) is 25.3 Å². The summed E-state index contributed by atoms with van der Waals surface area (Å²) in [5.74, 6) is 0.341. The van der Waals surface area contributed by atoms with E-state index >= 15 is 0 Å². The van der Waals surface area contributed by atoms with E-state index < -0.39 is 17.6 Å². The average molecular weight is 526 g/mol. The number of halogens is 1. The minimum atomic E-state index is -0.779. The van der Waals surface area contributed by atoms with E-state index in [2.05, 4.69) is 20.3 Å². The largest absolute Gasteiger partial charge is 0.528 e. The zero-order chi connectivity index (χ0) is 27.0. The molecule has 0 unspecified atom stereocenters. The molecule has 3 heterocycles. The number of benzene rings is 1. The Morgan fingerprint density at radius 1 is 1.21 bits per heavy atom. The first-order valence-corrected chi connectivity index (χ1v) is 12.8. The molecule has 0 bridgehead atoms. The molecular formula is C27H32FN5O5. The van der Waals surface area contributed by atoms with Gasteiger partial charge >= 0.3 is 6.16 Å². The fourth-order valence-corrected chi connectivity index (χ4v) is 4.47. The summed E-state index contributed by atoms with van der Waals surface area (Å²) in [5, 5.41) is 4.49. The summed E-state index contributed by atoms with van der Waals surface area (Å²) in [4.78, 5) is 42.6. The molecule has 38 heavy (non-hydrogen) atoms. The Kier molecular flexibility index (Phi) is 6.95. The Labute approximate surface area is 219 Å². The number of carbonyl (C=O) groups excluding carboxylic acids is 2. The molecule has 11 heteroatoms. The van der Waals surface area contributed by atoms with Gasteiger partial charge in [0.05, 0.1) is 24.2 Å². The van der Waals surface area contributed by atoms with Crippen LogP contribution in [0.15, 0.2) is 24.5 Å². The number of hydrogen-bond acceptors (Lipinski definition) is 8. The smallest absolute Gasteiger partial charge is 0.493 e. The Bertz CT molecular complexity index is 1360. The summed E-state index contributed by atoms with van der Waals surface area (Å²) < 4.78 is 25.4. The summed E-state index contributed by atoms with van der Waals surface area (Å²) in [5.41, 5.74) is 2.24. The monoisotopic (exact) mass is 525 g/mol. The number of hydrogen-bond donors (Lipinski definition) is 2. The lowest BCUT2D eigenvalue weighted by molar-refractivity contribution is -0.130. The van der Waals surface area contributed by atoms with Crippen LogP contribution in [0, 0.1) is 18.7 Å². The second-order valence-corrected chi connectivity index (χ2v) is 10.9. The quantitative estimate of drug-likeness (QED) is 0.432. The van der Waals surface area contributed by atoms with Gasteiger partial charge in [-0.3, -0.25) is 4.79 Å². The minimum absolute atomic E-state index is 0.235. The van der Waals surface area contributed by atoms with E-state index in [9.17, 15) is 14.0 Å². The summed E-state index contributed by atoms with van der Waals surface area (Å²) in [6.45, 7) is 8.43. The molecule has 3 aromatic rings. The zero-order valence-electron chi connectivity index (χ0n) is 22.0. The van der Waals surface area contributed by atoms with Crippen LogP contribution in [-0.2, 0) is 9.57 Å². The number of H-pyrrole nitrogens is 1. The summed E-state index contributed by atoms with van der Waals surface area (Å²) in [6.07, 6.45) is 3.45. The third kappa shape index (κ3) is 5.88. The number of amides is 1. The molecule has 2 N–H and O–H groups in total. The lowest BCUT2D eigenvalue weighted by Gasteiger charge is -2.21. The van der Waals surface area contributed by atoms with Crippen molar-refractivity contribution >= 4 is 23.1 Å². The van der Waals surface area contributed by atoms with Crippen molar-refractivity contribution in [1.29, 1.82) is 0 Å². The molecule has 0 radical (unpaired) electrons. The number of nitrogens with zero attached hydrogens (tertiary/aromatic N) is 3. The normalized spacial score (nSPS) is 18.0. The number of ether oxygens (including phenoxy) is 2. The highest BCUT2D eigenvalue weighted by Crippen LogP contribution is 2.36. The van der Waals surface area contributed by atoms with E-state index in [1.54, 1.807) is 33.8 Å². The Hall–Kier alpha value is -3.73. The summed E-state index contributed by atoms with van der Waals surface area (Å²) >= 11 is 0. The van der Waals surface area contributed by atoms with Crippen LogP contribution in [0.25, 0.3) is 22.3 Å². The zero-order valence-corrected chi connectivity index (χ0v) is 22.0. The van der Waals surface area contributed by atoms with Crippen molar-refractivity contribution in [3.05, 3.63) is 41.6 Å². The maximum Gasteiger partial charge on any atom is 0.528 e. The molecule has 2 aromatic heterocycles. The fourth-order valence-electron chi connectivity index (χ4n) is 4.47. The lowest BCUT2D eigenvalue weighted by Crippen LogP contribution is -2.38. The van der Waals surface area contributed by atoms with Gasteiger partial charge in [-0.1, -0.05) is 0 Å². The van der Waals surface area contributed by atoms with E-state index in [4.69, 9.17) is 14.3 Å². The van der Waals surface area contributed by atoms with E-state index in [1.807, 2.05) is 0 Å². The van der Waals surface area contributed by atoms with Crippen LogP contribution in [0.4, 0.5) is 9.18 Å². The van der Waals surface area contributed by atoms with Crippen LogP contribution >= 0.6 is 0 Å². The molecule has 1 saturated heterocycles. The van der Waals surface area contributed by atoms with Crippen LogP contribution in [0.2, 0.25) is 0 Å². The molecule has 1 amide bonds. The van der Waals surface area contributed by atoms with Crippen molar-refractivity contribution in [3.63, 3.8) is 0 Å². The fraction of sp³-hybridized carbons (Fsp3) is 0.481. The molecule has 2 fully saturated rings. The van der Waals surface area contributed by atoms with Crippen LogP contribution < -0.4 is 10.1 Å². The molecule has 1 aliphatic carbocycles. The molecule has 202 valence electrons. The first-order chi connectivity index (χ1) is 18.1. The van der Waals surface area contributed by atoms with Crippen molar-refractivity contribution in [3.8, 4) is 17.0 Å². The van der Waals surface area contributed by atoms with Crippen LogP contribution in [-0.4, -0.2) is 63.4 Å². The maximum absolute atomic E-state index is 14.3. The Morgan fingerprint density at radius 2 is 2.00 bits per heavy atom. The second-order valence-electron chi connectivity index (χ2n) is 10.9. The van der Waals surface area contributed by atoms with E-state index in [1.165, 1.54) is 23.5 Å². The van der Waals surface area contributed by atoms with Crippen molar-refractivity contribution in [2.24, 2.45) is 5.92 Å².